The van der Waals surface area contributed by atoms with Crippen LogP contribution < -0.4 is 5.32 Å². The molecule has 0 aromatic heterocycles. The maximum absolute atomic E-state index is 5.14. The van der Waals surface area contributed by atoms with E-state index in [1.807, 2.05) is 18.2 Å². The summed E-state index contributed by atoms with van der Waals surface area (Å²) in [7, 11) is 1.73. The molecular weight excluding hydrogens is 198 g/mol. The molecule has 2 heteroatoms. The molecule has 0 saturated carbocycles. The summed E-state index contributed by atoms with van der Waals surface area (Å²) in [5.41, 5.74) is 1.25. The van der Waals surface area contributed by atoms with Crippen LogP contribution in [-0.2, 0) is 4.74 Å². The number of hydrogen-bond donors (Lipinski definition) is 1. The zero-order valence-electron chi connectivity index (χ0n) is 10.4. The molecule has 0 radical (unpaired) electrons. The van der Waals surface area contributed by atoms with Crippen LogP contribution in [0.15, 0.2) is 36.4 Å². The van der Waals surface area contributed by atoms with E-state index in [0.717, 1.165) is 6.54 Å². The molecule has 1 rings (SSSR count). The SMILES string of the molecule is COCC(C)(C)NC/C=C/c1ccccc1. The van der Waals surface area contributed by atoms with Crippen LogP contribution in [-0.4, -0.2) is 25.8 Å². The van der Waals surface area contributed by atoms with Crippen molar-refractivity contribution in [3.8, 4) is 0 Å². The Morgan fingerprint density at radius 3 is 2.56 bits per heavy atom. The molecule has 0 bridgehead atoms. The molecule has 0 aliphatic rings. The number of nitrogens with one attached hydrogen (secondary N) is 1. The van der Waals surface area contributed by atoms with Gasteiger partial charge in [-0.1, -0.05) is 42.5 Å². The fraction of sp³-hybridized carbons (Fsp3) is 0.429. The van der Waals surface area contributed by atoms with E-state index < -0.39 is 0 Å². The van der Waals surface area contributed by atoms with Crippen molar-refractivity contribution in [2.45, 2.75) is 19.4 Å². The minimum atomic E-state index is 0.0236. The van der Waals surface area contributed by atoms with E-state index >= 15 is 0 Å². The molecule has 0 saturated heterocycles. The van der Waals surface area contributed by atoms with Crippen molar-refractivity contribution < 1.29 is 4.74 Å². The van der Waals surface area contributed by atoms with Gasteiger partial charge in [0, 0.05) is 19.2 Å². The molecule has 0 atom stereocenters. The predicted molar refractivity (Wildman–Crippen MR) is 69.4 cm³/mol. The number of rotatable bonds is 6. The number of hydrogen-bond acceptors (Lipinski definition) is 2. The molecule has 0 unspecified atom stereocenters. The first-order valence-corrected chi connectivity index (χ1v) is 5.59. The third-order valence-electron chi connectivity index (χ3n) is 2.31. The lowest BCUT2D eigenvalue weighted by Crippen LogP contribution is -2.43. The molecule has 1 N–H and O–H groups in total. The summed E-state index contributed by atoms with van der Waals surface area (Å²) in [6, 6.07) is 10.3. The Morgan fingerprint density at radius 2 is 1.94 bits per heavy atom. The lowest BCUT2D eigenvalue weighted by atomic mass is 10.1. The number of ether oxygens (including phenoxy) is 1. The van der Waals surface area contributed by atoms with E-state index in [1.165, 1.54) is 5.56 Å². The van der Waals surface area contributed by atoms with E-state index in [4.69, 9.17) is 4.74 Å². The summed E-state index contributed by atoms with van der Waals surface area (Å²) in [6.45, 7) is 5.83. The summed E-state index contributed by atoms with van der Waals surface area (Å²) in [4.78, 5) is 0. The lowest BCUT2D eigenvalue weighted by Gasteiger charge is -2.24. The molecule has 0 heterocycles. The minimum Gasteiger partial charge on any atom is -0.383 e. The van der Waals surface area contributed by atoms with Crippen LogP contribution in [0.5, 0.6) is 0 Å². The second-order valence-corrected chi connectivity index (χ2v) is 4.51. The van der Waals surface area contributed by atoms with Gasteiger partial charge in [-0.2, -0.15) is 0 Å². The zero-order chi connectivity index (χ0) is 11.9. The van der Waals surface area contributed by atoms with E-state index in [0.29, 0.717) is 6.61 Å². The minimum absolute atomic E-state index is 0.0236. The first kappa shape index (κ1) is 12.9. The molecule has 16 heavy (non-hydrogen) atoms. The van der Waals surface area contributed by atoms with Crippen LogP contribution in [0, 0.1) is 0 Å². The maximum atomic E-state index is 5.14. The zero-order valence-corrected chi connectivity index (χ0v) is 10.4. The van der Waals surface area contributed by atoms with E-state index in [1.54, 1.807) is 7.11 Å². The fourth-order valence-electron chi connectivity index (χ4n) is 1.51. The largest absolute Gasteiger partial charge is 0.383 e. The first-order valence-electron chi connectivity index (χ1n) is 5.59. The quantitative estimate of drug-likeness (QED) is 0.794. The molecule has 1 aromatic rings. The van der Waals surface area contributed by atoms with Crippen LogP contribution in [0.2, 0.25) is 0 Å². The monoisotopic (exact) mass is 219 g/mol. The van der Waals surface area contributed by atoms with Crippen LogP contribution in [0.1, 0.15) is 19.4 Å². The topological polar surface area (TPSA) is 21.3 Å². The van der Waals surface area contributed by atoms with Crippen LogP contribution in [0.25, 0.3) is 6.08 Å². The third kappa shape index (κ3) is 5.10. The first-order chi connectivity index (χ1) is 7.64. The summed E-state index contributed by atoms with van der Waals surface area (Å²) in [5.74, 6) is 0. The van der Waals surface area contributed by atoms with Gasteiger partial charge < -0.3 is 10.1 Å². The Morgan fingerprint density at radius 1 is 1.25 bits per heavy atom. The summed E-state index contributed by atoms with van der Waals surface area (Å²) in [5, 5.41) is 3.42. The van der Waals surface area contributed by atoms with E-state index in [2.05, 4.69) is 43.4 Å². The average Bonchev–Trinajstić information content (AvgIpc) is 2.26. The molecule has 0 fully saturated rings. The van der Waals surface area contributed by atoms with Gasteiger partial charge in [-0.05, 0) is 19.4 Å². The van der Waals surface area contributed by atoms with Crippen molar-refractivity contribution in [2.75, 3.05) is 20.3 Å². The highest BCUT2D eigenvalue weighted by Crippen LogP contribution is 2.03. The van der Waals surface area contributed by atoms with Crippen molar-refractivity contribution in [3.63, 3.8) is 0 Å². The Hall–Kier alpha value is -1.12. The number of benzene rings is 1. The van der Waals surface area contributed by atoms with Gasteiger partial charge in [-0.3, -0.25) is 0 Å². The van der Waals surface area contributed by atoms with Crippen molar-refractivity contribution in [1.29, 1.82) is 0 Å². The molecule has 0 aliphatic heterocycles. The summed E-state index contributed by atoms with van der Waals surface area (Å²) >= 11 is 0. The van der Waals surface area contributed by atoms with Gasteiger partial charge in [-0.15, -0.1) is 0 Å². The highest BCUT2D eigenvalue weighted by atomic mass is 16.5. The maximum Gasteiger partial charge on any atom is 0.0639 e. The lowest BCUT2D eigenvalue weighted by molar-refractivity contribution is 0.131. The Balaban J connectivity index is 2.33. The third-order valence-corrected chi connectivity index (χ3v) is 2.31. The molecular formula is C14H21NO. The van der Waals surface area contributed by atoms with Crippen molar-refractivity contribution in [3.05, 3.63) is 42.0 Å². The molecule has 0 amide bonds. The van der Waals surface area contributed by atoms with Crippen LogP contribution in [0.3, 0.4) is 0 Å². The van der Waals surface area contributed by atoms with Crippen LogP contribution >= 0.6 is 0 Å². The Kier molecular flexibility index (Phi) is 5.23. The van der Waals surface area contributed by atoms with Gasteiger partial charge >= 0.3 is 0 Å². The van der Waals surface area contributed by atoms with Gasteiger partial charge in [0.2, 0.25) is 0 Å². The van der Waals surface area contributed by atoms with Gasteiger partial charge in [0.15, 0.2) is 0 Å². The normalized spacial score (nSPS) is 12.2. The van der Waals surface area contributed by atoms with Crippen molar-refractivity contribution >= 4 is 6.08 Å². The molecule has 0 spiro atoms. The Labute approximate surface area is 98.3 Å². The highest BCUT2D eigenvalue weighted by Gasteiger charge is 2.14. The number of methoxy groups -OCH3 is 1. The summed E-state index contributed by atoms with van der Waals surface area (Å²) < 4.78 is 5.14. The smallest absolute Gasteiger partial charge is 0.0639 e. The fourth-order valence-corrected chi connectivity index (χ4v) is 1.51. The molecule has 1 aromatic carbocycles. The van der Waals surface area contributed by atoms with Gasteiger partial charge in [0.25, 0.3) is 0 Å². The molecule has 0 aliphatic carbocycles. The average molecular weight is 219 g/mol. The predicted octanol–water partition coefficient (Wildman–Crippen LogP) is 2.71. The van der Waals surface area contributed by atoms with Gasteiger partial charge in [0.1, 0.15) is 0 Å². The van der Waals surface area contributed by atoms with Crippen molar-refractivity contribution in [1.82, 2.24) is 5.32 Å². The standard InChI is InChI=1S/C14H21NO/c1-14(2,12-16-3)15-11-7-10-13-8-5-4-6-9-13/h4-10,15H,11-12H2,1-3H3/b10-7+. The second kappa shape index (κ2) is 6.46. The summed E-state index contributed by atoms with van der Waals surface area (Å²) in [6.07, 6.45) is 4.25. The van der Waals surface area contributed by atoms with Crippen LogP contribution in [0.4, 0.5) is 0 Å². The van der Waals surface area contributed by atoms with Gasteiger partial charge in [-0.25, -0.2) is 0 Å². The Bertz CT molecular complexity index is 317. The van der Waals surface area contributed by atoms with Crippen molar-refractivity contribution in [2.24, 2.45) is 0 Å². The van der Waals surface area contributed by atoms with E-state index in [9.17, 15) is 0 Å². The highest BCUT2D eigenvalue weighted by molar-refractivity contribution is 5.48. The van der Waals surface area contributed by atoms with E-state index in [-0.39, 0.29) is 5.54 Å². The van der Waals surface area contributed by atoms with Gasteiger partial charge in [0.05, 0.1) is 6.61 Å². The second-order valence-electron chi connectivity index (χ2n) is 4.51. The molecule has 2 nitrogen and oxygen atoms in total. The molecule has 88 valence electrons.